The van der Waals surface area contributed by atoms with E-state index in [4.69, 9.17) is 16.3 Å². The molecule has 0 aliphatic heterocycles. The molecule has 146 valence electrons. The van der Waals surface area contributed by atoms with Gasteiger partial charge in [-0.2, -0.15) is 5.10 Å². The summed E-state index contributed by atoms with van der Waals surface area (Å²) in [5.41, 5.74) is 1.87. The van der Waals surface area contributed by atoms with Crippen LogP contribution >= 0.6 is 11.6 Å². The fourth-order valence-electron chi connectivity index (χ4n) is 3.07. The van der Waals surface area contributed by atoms with Crippen LogP contribution in [0.2, 0.25) is 5.02 Å². The zero-order valence-electron chi connectivity index (χ0n) is 16.1. The summed E-state index contributed by atoms with van der Waals surface area (Å²) < 4.78 is 31.9. The van der Waals surface area contributed by atoms with Crippen LogP contribution in [0.5, 0.6) is 5.88 Å². The van der Waals surface area contributed by atoms with Crippen LogP contribution in [0.25, 0.3) is 0 Å². The highest BCUT2D eigenvalue weighted by molar-refractivity contribution is 7.91. The Morgan fingerprint density at radius 1 is 1.37 bits per heavy atom. The van der Waals surface area contributed by atoms with Crippen LogP contribution in [0.1, 0.15) is 39.7 Å². The molecule has 0 amide bonds. The Kier molecular flexibility index (Phi) is 6.17. The maximum Gasteiger partial charge on any atom is 0.223 e. The Morgan fingerprint density at radius 3 is 2.56 bits per heavy atom. The number of carbonyl (C=O) groups excluding carboxylic acids is 1. The van der Waals surface area contributed by atoms with Crippen LogP contribution in [-0.2, 0) is 16.9 Å². The standard InChI is InChI=1S/C19H23ClN2O4S/c1-7-9-26-19-15(13(5)21-22(19)6)17(23)14-10-11(3)18(12(4)16(14)20)27(24,25)8-2/h7,10H,1,8-9H2,2-6H3. The van der Waals surface area contributed by atoms with Gasteiger partial charge in [-0.1, -0.05) is 31.2 Å². The van der Waals surface area contributed by atoms with Crippen molar-refractivity contribution in [3.8, 4) is 5.88 Å². The van der Waals surface area contributed by atoms with E-state index in [1.807, 2.05) is 0 Å². The Morgan fingerprint density at radius 2 is 2.00 bits per heavy atom. The van der Waals surface area contributed by atoms with Crippen molar-refractivity contribution in [1.82, 2.24) is 9.78 Å². The van der Waals surface area contributed by atoms with E-state index in [0.29, 0.717) is 28.3 Å². The number of ether oxygens (including phenoxy) is 1. The second kappa shape index (κ2) is 7.86. The molecule has 0 saturated carbocycles. The molecule has 0 atom stereocenters. The number of carbonyl (C=O) groups is 1. The van der Waals surface area contributed by atoms with Crippen LogP contribution < -0.4 is 4.74 Å². The Labute approximate surface area is 164 Å². The van der Waals surface area contributed by atoms with Crippen molar-refractivity contribution in [2.75, 3.05) is 12.4 Å². The van der Waals surface area contributed by atoms with Crippen LogP contribution in [0.4, 0.5) is 0 Å². The monoisotopic (exact) mass is 410 g/mol. The summed E-state index contributed by atoms with van der Waals surface area (Å²) in [7, 11) is -1.78. The maximum absolute atomic E-state index is 13.2. The van der Waals surface area contributed by atoms with Crippen LogP contribution in [0.3, 0.4) is 0 Å². The minimum Gasteiger partial charge on any atom is -0.473 e. The van der Waals surface area contributed by atoms with E-state index < -0.39 is 9.84 Å². The predicted octanol–water partition coefficient (Wildman–Crippen LogP) is 3.59. The third kappa shape index (κ3) is 3.80. The molecular weight excluding hydrogens is 388 g/mol. The van der Waals surface area contributed by atoms with Gasteiger partial charge in [0, 0.05) is 12.6 Å². The van der Waals surface area contributed by atoms with Gasteiger partial charge in [0.1, 0.15) is 12.2 Å². The molecule has 1 heterocycles. The fraction of sp³-hybridized carbons (Fsp3) is 0.368. The number of benzene rings is 1. The van der Waals surface area contributed by atoms with Crippen molar-refractivity contribution in [2.24, 2.45) is 7.05 Å². The summed E-state index contributed by atoms with van der Waals surface area (Å²) in [6.45, 7) is 10.4. The SMILES string of the molecule is C=CCOc1c(C(=O)c2cc(C)c(S(=O)(=O)CC)c(C)c2Cl)c(C)nn1C. The zero-order valence-corrected chi connectivity index (χ0v) is 17.7. The third-order valence-corrected chi connectivity index (χ3v) is 6.79. The number of ketones is 1. The molecule has 0 aliphatic rings. The minimum absolute atomic E-state index is 0.0421. The lowest BCUT2D eigenvalue weighted by Gasteiger charge is -2.15. The first-order chi connectivity index (χ1) is 12.6. The summed E-state index contributed by atoms with van der Waals surface area (Å²) >= 11 is 6.42. The molecule has 1 aromatic heterocycles. The van der Waals surface area contributed by atoms with Crippen molar-refractivity contribution in [3.05, 3.63) is 51.7 Å². The Balaban J connectivity index is 2.68. The molecule has 1 aromatic carbocycles. The largest absolute Gasteiger partial charge is 0.473 e. The van der Waals surface area contributed by atoms with Gasteiger partial charge in [0.05, 0.1) is 21.4 Å². The number of halogens is 1. The first kappa shape index (κ1) is 21.2. The number of hydrogen-bond acceptors (Lipinski definition) is 5. The molecule has 0 N–H and O–H groups in total. The highest BCUT2D eigenvalue weighted by atomic mass is 35.5. The summed E-state index contributed by atoms with van der Waals surface area (Å²) in [5.74, 6) is -0.0927. The second-order valence-electron chi connectivity index (χ2n) is 6.23. The van der Waals surface area contributed by atoms with Crippen molar-refractivity contribution in [2.45, 2.75) is 32.6 Å². The van der Waals surface area contributed by atoms with Gasteiger partial charge >= 0.3 is 0 Å². The van der Waals surface area contributed by atoms with Gasteiger partial charge in [0.2, 0.25) is 11.7 Å². The van der Waals surface area contributed by atoms with E-state index in [0.717, 1.165) is 0 Å². The number of aromatic nitrogens is 2. The van der Waals surface area contributed by atoms with Crippen LogP contribution in [0.15, 0.2) is 23.6 Å². The first-order valence-electron chi connectivity index (χ1n) is 8.41. The number of rotatable bonds is 7. The lowest BCUT2D eigenvalue weighted by Crippen LogP contribution is -2.13. The Hall–Kier alpha value is -2.12. The van der Waals surface area contributed by atoms with Gasteiger partial charge in [-0.05, 0) is 38.0 Å². The van der Waals surface area contributed by atoms with Crippen LogP contribution in [0, 0.1) is 20.8 Å². The molecule has 0 aliphatic carbocycles. The van der Waals surface area contributed by atoms with Gasteiger partial charge in [-0.3, -0.25) is 4.79 Å². The number of nitrogens with zero attached hydrogens (tertiary/aromatic N) is 2. The number of sulfone groups is 1. The van der Waals surface area contributed by atoms with Crippen molar-refractivity contribution in [3.63, 3.8) is 0 Å². The maximum atomic E-state index is 13.2. The molecule has 27 heavy (non-hydrogen) atoms. The van der Waals surface area contributed by atoms with Gasteiger partial charge in [-0.25, -0.2) is 13.1 Å². The Bertz CT molecular complexity index is 1020. The lowest BCUT2D eigenvalue weighted by molar-refractivity contribution is 0.103. The highest BCUT2D eigenvalue weighted by Crippen LogP contribution is 2.34. The number of hydrogen-bond donors (Lipinski definition) is 0. The summed E-state index contributed by atoms with van der Waals surface area (Å²) in [4.78, 5) is 13.4. The average Bonchev–Trinajstić information content (AvgIpc) is 2.88. The molecule has 0 saturated heterocycles. The third-order valence-electron chi connectivity index (χ3n) is 4.30. The van der Waals surface area contributed by atoms with E-state index in [1.54, 1.807) is 40.8 Å². The average molecular weight is 411 g/mol. The zero-order chi connectivity index (χ0) is 20.5. The minimum atomic E-state index is -3.46. The molecule has 0 spiro atoms. The van der Waals surface area contributed by atoms with Crippen molar-refractivity contribution < 1.29 is 17.9 Å². The molecule has 0 bridgehead atoms. The predicted molar refractivity (Wildman–Crippen MR) is 106 cm³/mol. The van der Waals surface area contributed by atoms with E-state index in [-0.39, 0.29) is 33.6 Å². The molecule has 8 heteroatoms. The molecule has 2 rings (SSSR count). The quantitative estimate of drug-likeness (QED) is 0.514. The van der Waals surface area contributed by atoms with Gasteiger partial charge in [0.15, 0.2) is 9.84 Å². The van der Waals surface area contributed by atoms with Gasteiger partial charge in [0.25, 0.3) is 0 Å². The molecular formula is C19H23ClN2O4S. The molecule has 2 aromatic rings. The smallest absolute Gasteiger partial charge is 0.223 e. The molecule has 6 nitrogen and oxygen atoms in total. The fourth-order valence-corrected chi connectivity index (χ4v) is 4.77. The first-order valence-corrected chi connectivity index (χ1v) is 10.4. The van der Waals surface area contributed by atoms with E-state index >= 15 is 0 Å². The van der Waals surface area contributed by atoms with Gasteiger partial charge < -0.3 is 4.74 Å². The summed E-state index contributed by atoms with van der Waals surface area (Å²) in [6, 6.07) is 1.52. The van der Waals surface area contributed by atoms with E-state index in [2.05, 4.69) is 11.7 Å². The summed E-state index contributed by atoms with van der Waals surface area (Å²) in [5, 5.41) is 4.37. The molecule has 0 unspecified atom stereocenters. The molecule has 0 fully saturated rings. The lowest BCUT2D eigenvalue weighted by atomic mass is 9.99. The van der Waals surface area contributed by atoms with Crippen molar-refractivity contribution in [1.29, 1.82) is 0 Å². The highest BCUT2D eigenvalue weighted by Gasteiger charge is 2.28. The normalized spacial score (nSPS) is 11.5. The van der Waals surface area contributed by atoms with E-state index in [9.17, 15) is 13.2 Å². The number of aryl methyl sites for hydroxylation is 3. The van der Waals surface area contributed by atoms with Gasteiger partial charge in [-0.15, -0.1) is 0 Å². The topological polar surface area (TPSA) is 78.3 Å². The van der Waals surface area contributed by atoms with Crippen LogP contribution in [-0.4, -0.2) is 36.3 Å². The summed E-state index contributed by atoms with van der Waals surface area (Å²) in [6.07, 6.45) is 1.57. The van der Waals surface area contributed by atoms with E-state index in [1.165, 1.54) is 10.7 Å². The molecule has 0 radical (unpaired) electrons. The van der Waals surface area contributed by atoms with Crippen molar-refractivity contribution >= 4 is 27.2 Å². The second-order valence-corrected chi connectivity index (χ2v) is 8.82.